The second kappa shape index (κ2) is 40.4. The van der Waals surface area contributed by atoms with Gasteiger partial charge in [0.1, 0.15) is 0 Å². The van der Waals surface area contributed by atoms with Gasteiger partial charge in [0.25, 0.3) is 0 Å². The van der Waals surface area contributed by atoms with Crippen LogP contribution < -0.4 is 0 Å². The lowest BCUT2D eigenvalue weighted by Gasteiger charge is -2.16. The van der Waals surface area contributed by atoms with Gasteiger partial charge in [-0.2, -0.15) is 0 Å². The molecular weight excluding hydrogens is 538 g/mol. The van der Waals surface area contributed by atoms with Crippen molar-refractivity contribution in [3.8, 4) is 0 Å². The summed E-state index contributed by atoms with van der Waals surface area (Å²) in [6, 6.07) is 0. The van der Waals surface area contributed by atoms with Crippen molar-refractivity contribution in [2.75, 3.05) is 46.6 Å². The van der Waals surface area contributed by atoms with Gasteiger partial charge < -0.3 is 14.4 Å². The first kappa shape index (κ1) is 43.4. The molecule has 262 valence electrons. The van der Waals surface area contributed by atoms with Crippen LogP contribution in [0.5, 0.6) is 0 Å². The van der Waals surface area contributed by atoms with Gasteiger partial charge in [-0.1, -0.05) is 154 Å². The number of nitrogens with zero attached hydrogens (tertiary/aromatic N) is 1. The maximum atomic E-state index is 5.86. The molecule has 0 radical (unpaired) electrons. The summed E-state index contributed by atoms with van der Waals surface area (Å²) < 4.78 is 11.7. The Hall–Kier alpha value is -0.640. The molecular formula is C41H81NO2. The number of allylic oxidation sites excluding steroid dienone is 4. The molecule has 3 nitrogen and oxygen atoms in total. The second-order valence-corrected chi connectivity index (χ2v) is 13.4. The van der Waals surface area contributed by atoms with Crippen molar-refractivity contribution in [1.29, 1.82) is 0 Å². The van der Waals surface area contributed by atoms with Crippen molar-refractivity contribution in [2.45, 2.75) is 194 Å². The summed E-state index contributed by atoms with van der Waals surface area (Å²) in [6.07, 6.45) is 47.7. The zero-order valence-electron chi connectivity index (χ0n) is 30.6. The van der Waals surface area contributed by atoms with Crippen LogP contribution in [0.2, 0.25) is 0 Å². The Bertz CT molecular complexity index is 513. The van der Waals surface area contributed by atoms with E-state index in [9.17, 15) is 0 Å². The number of unbranched alkanes of at least 4 members (excludes halogenated alkanes) is 24. The van der Waals surface area contributed by atoms with Crippen molar-refractivity contribution in [3.05, 3.63) is 24.3 Å². The molecule has 0 aliphatic rings. The molecule has 0 unspecified atom stereocenters. The number of ether oxygens (including phenoxy) is 2. The summed E-state index contributed by atoms with van der Waals surface area (Å²) in [5.41, 5.74) is 0. The highest BCUT2D eigenvalue weighted by molar-refractivity contribution is 4.82. The van der Waals surface area contributed by atoms with Gasteiger partial charge >= 0.3 is 0 Å². The molecule has 0 aromatic heterocycles. The SMILES string of the molecule is CCCCCCCCCCC/C=C\CCCCCOCCN(C)CCOCCCCC/C=C\CCCCCCCCCCC. The number of rotatable bonds is 38. The number of likely N-dealkylation sites (N-methyl/N-ethyl adjacent to an activating group) is 1. The molecule has 0 saturated carbocycles. The van der Waals surface area contributed by atoms with Gasteiger partial charge in [0.05, 0.1) is 13.2 Å². The van der Waals surface area contributed by atoms with Gasteiger partial charge in [-0.3, -0.25) is 0 Å². The fourth-order valence-electron chi connectivity index (χ4n) is 5.66. The van der Waals surface area contributed by atoms with Crippen LogP contribution in [-0.2, 0) is 9.47 Å². The van der Waals surface area contributed by atoms with E-state index in [1.807, 2.05) is 0 Å². The molecule has 3 heteroatoms. The Morgan fingerprint density at radius 2 is 0.614 bits per heavy atom. The second-order valence-electron chi connectivity index (χ2n) is 13.4. The van der Waals surface area contributed by atoms with E-state index in [4.69, 9.17) is 9.47 Å². The van der Waals surface area contributed by atoms with Crippen LogP contribution >= 0.6 is 0 Å². The molecule has 0 heterocycles. The van der Waals surface area contributed by atoms with Gasteiger partial charge in [0.2, 0.25) is 0 Å². The summed E-state index contributed by atoms with van der Waals surface area (Å²) in [7, 11) is 2.18. The van der Waals surface area contributed by atoms with E-state index in [0.29, 0.717) is 0 Å². The van der Waals surface area contributed by atoms with Gasteiger partial charge in [-0.25, -0.2) is 0 Å². The topological polar surface area (TPSA) is 21.7 Å². The highest BCUT2D eigenvalue weighted by atomic mass is 16.5. The Balaban J connectivity index is 3.22. The van der Waals surface area contributed by atoms with E-state index in [1.165, 1.54) is 180 Å². The van der Waals surface area contributed by atoms with E-state index < -0.39 is 0 Å². The lowest BCUT2D eigenvalue weighted by Crippen LogP contribution is -2.27. The minimum absolute atomic E-state index is 0.835. The molecule has 0 spiro atoms. The van der Waals surface area contributed by atoms with E-state index in [-0.39, 0.29) is 0 Å². The van der Waals surface area contributed by atoms with E-state index in [1.54, 1.807) is 0 Å². The van der Waals surface area contributed by atoms with E-state index in [0.717, 1.165) is 39.5 Å². The summed E-state index contributed by atoms with van der Waals surface area (Å²) >= 11 is 0. The number of hydrogen-bond donors (Lipinski definition) is 0. The van der Waals surface area contributed by atoms with Crippen molar-refractivity contribution in [2.24, 2.45) is 0 Å². The van der Waals surface area contributed by atoms with Crippen LogP contribution in [-0.4, -0.2) is 51.5 Å². The third kappa shape index (κ3) is 39.4. The normalized spacial score (nSPS) is 12.1. The van der Waals surface area contributed by atoms with E-state index in [2.05, 4.69) is 50.1 Å². The maximum absolute atomic E-state index is 5.86. The molecule has 0 bridgehead atoms. The zero-order valence-corrected chi connectivity index (χ0v) is 30.6. The minimum atomic E-state index is 0.835. The minimum Gasteiger partial charge on any atom is -0.380 e. The summed E-state index contributed by atoms with van der Waals surface area (Å²) in [4.78, 5) is 2.33. The molecule has 0 aromatic carbocycles. The summed E-state index contributed by atoms with van der Waals surface area (Å²) in [5.74, 6) is 0. The first-order valence-electron chi connectivity index (χ1n) is 19.9. The quantitative estimate of drug-likeness (QED) is 0.0507. The molecule has 0 aliphatic carbocycles. The Morgan fingerprint density at radius 3 is 0.932 bits per heavy atom. The molecule has 44 heavy (non-hydrogen) atoms. The highest BCUT2D eigenvalue weighted by Gasteiger charge is 1.99. The van der Waals surface area contributed by atoms with Crippen LogP contribution in [0.4, 0.5) is 0 Å². The standard InChI is InChI=1S/C41H81NO2/c1-4-6-8-10-12-14-16-18-20-22-24-26-28-30-32-34-38-43-40-36-42(3)37-41-44-39-35-33-31-29-27-25-23-21-19-17-15-13-11-9-7-5-2/h24-27H,4-23,28-41H2,1-3H3/b26-24-,27-25-. The molecule has 0 fully saturated rings. The van der Waals surface area contributed by atoms with Gasteiger partial charge in [-0.05, 0) is 71.3 Å². The van der Waals surface area contributed by atoms with Gasteiger partial charge in [-0.15, -0.1) is 0 Å². The molecule has 0 amide bonds. The average molecular weight is 620 g/mol. The van der Waals surface area contributed by atoms with Gasteiger partial charge in [0, 0.05) is 26.3 Å². The highest BCUT2D eigenvalue weighted by Crippen LogP contribution is 2.12. The van der Waals surface area contributed by atoms with Gasteiger partial charge in [0.15, 0.2) is 0 Å². The van der Waals surface area contributed by atoms with E-state index >= 15 is 0 Å². The summed E-state index contributed by atoms with van der Waals surface area (Å²) in [5, 5.41) is 0. The first-order chi connectivity index (χ1) is 21.8. The largest absolute Gasteiger partial charge is 0.380 e. The lowest BCUT2D eigenvalue weighted by atomic mass is 10.1. The fraction of sp³-hybridized carbons (Fsp3) is 0.902. The fourth-order valence-corrected chi connectivity index (χ4v) is 5.66. The predicted molar refractivity (Wildman–Crippen MR) is 198 cm³/mol. The molecule has 0 aliphatic heterocycles. The first-order valence-corrected chi connectivity index (χ1v) is 19.9. The molecule has 0 atom stereocenters. The molecule has 0 saturated heterocycles. The Morgan fingerprint density at radius 1 is 0.341 bits per heavy atom. The molecule has 0 aromatic rings. The molecule has 0 N–H and O–H groups in total. The van der Waals surface area contributed by atoms with Crippen molar-refractivity contribution >= 4 is 0 Å². The van der Waals surface area contributed by atoms with Crippen molar-refractivity contribution in [3.63, 3.8) is 0 Å². The molecule has 0 rings (SSSR count). The Labute approximate surface area is 278 Å². The Kier molecular flexibility index (Phi) is 39.8. The van der Waals surface area contributed by atoms with Crippen LogP contribution in [0.25, 0.3) is 0 Å². The zero-order chi connectivity index (χ0) is 31.9. The van der Waals surface area contributed by atoms with Crippen LogP contribution in [0.3, 0.4) is 0 Å². The number of hydrogen-bond acceptors (Lipinski definition) is 3. The van der Waals surface area contributed by atoms with Crippen LogP contribution in [0, 0.1) is 0 Å². The third-order valence-corrected chi connectivity index (χ3v) is 8.84. The predicted octanol–water partition coefficient (Wildman–Crippen LogP) is 13.0. The van der Waals surface area contributed by atoms with Crippen molar-refractivity contribution in [1.82, 2.24) is 4.90 Å². The smallest absolute Gasteiger partial charge is 0.0593 e. The van der Waals surface area contributed by atoms with Crippen LogP contribution in [0.1, 0.15) is 194 Å². The lowest BCUT2D eigenvalue weighted by molar-refractivity contribution is 0.0815. The third-order valence-electron chi connectivity index (χ3n) is 8.84. The van der Waals surface area contributed by atoms with Crippen molar-refractivity contribution < 1.29 is 9.47 Å². The monoisotopic (exact) mass is 620 g/mol. The van der Waals surface area contributed by atoms with Crippen LogP contribution in [0.15, 0.2) is 24.3 Å². The maximum Gasteiger partial charge on any atom is 0.0593 e. The summed E-state index contributed by atoms with van der Waals surface area (Å²) in [6.45, 7) is 10.1. The average Bonchev–Trinajstić information content (AvgIpc) is 3.03.